The fourth-order valence-electron chi connectivity index (χ4n) is 1.23. The van der Waals surface area contributed by atoms with Gasteiger partial charge in [-0.15, -0.1) is 0 Å². The Bertz CT molecular complexity index is 335. The summed E-state index contributed by atoms with van der Waals surface area (Å²) in [6.45, 7) is 2.69. The van der Waals surface area contributed by atoms with E-state index in [1.807, 2.05) is 24.3 Å². The Balaban J connectivity index is 2.45. The number of nitrogens with two attached hydrogens (primary N) is 1. The van der Waals surface area contributed by atoms with Gasteiger partial charge in [-0.1, -0.05) is 31.2 Å². The summed E-state index contributed by atoms with van der Waals surface area (Å²) < 4.78 is 0. The molecule has 4 nitrogen and oxygen atoms in total. The molecule has 1 aromatic carbocycles. The summed E-state index contributed by atoms with van der Waals surface area (Å²) in [7, 11) is 0. The lowest BCUT2D eigenvalue weighted by atomic mass is 10.1. The van der Waals surface area contributed by atoms with Crippen molar-refractivity contribution in [2.24, 2.45) is 11.7 Å². The van der Waals surface area contributed by atoms with Crippen LogP contribution in [0.3, 0.4) is 0 Å². The normalized spacial score (nSPS) is 12.2. The summed E-state index contributed by atoms with van der Waals surface area (Å²) in [6.07, 6.45) is 0. The predicted octanol–water partition coefficient (Wildman–Crippen LogP) is 0.390. The van der Waals surface area contributed by atoms with Crippen molar-refractivity contribution in [3.05, 3.63) is 35.4 Å². The molecular weight excluding hydrogens is 204 g/mol. The molecule has 0 saturated carbocycles. The molecule has 1 atom stereocenters. The quantitative estimate of drug-likeness (QED) is 0.674. The van der Waals surface area contributed by atoms with E-state index in [0.29, 0.717) is 13.1 Å². The molecule has 0 aromatic heterocycles. The maximum Gasteiger partial charge on any atom is 0.224 e. The number of hydrogen-bond donors (Lipinski definition) is 3. The van der Waals surface area contributed by atoms with Crippen LogP contribution < -0.4 is 11.1 Å². The Morgan fingerprint density at radius 3 is 2.44 bits per heavy atom. The number of carbonyl (C=O) groups is 1. The number of nitrogens with one attached hydrogen (secondary N) is 1. The summed E-state index contributed by atoms with van der Waals surface area (Å²) in [5.74, 6) is -0.189. The number of carbonyl (C=O) groups excluding carboxylic acids is 1. The first-order chi connectivity index (χ1) is 7.67. The van der Waals surface area contributed by atoms with E-state index in [1.54, 1.807) is 6.92 Å². The Hall–Kier alpha value is -1.39. The van der Waals surface area contributed by atoms with Crippen LogP contribution in [0.1, 0.15) is 18.1 Å². The van der Waals surface area contributed by atoms with E-state index >= 15 is 0 Å². The molecule has 0 aliphatic rings. The molecule has 1 amide bonds. The maximum absolute atomic E-state index is 11.4. The van der Waals surface area contributed by atoms with Gasteiger partial charge >= 0.3 is 0 Å². The zero-order chi connectivity index (χ0) is 12.0. The molecule has 16 heavy (non-hydrogen) atoms. The summed E-state index contributed by atoms with van der Waals surface area (Å²) in [5.41, 5.74) is 7.27. The lowest BCUT2D eigenvalue weighted by Gasteiger charge is -2.10. The lowest BCUT2D eigenvalue weighted by molar-refractivity contribution is -0.124. The Morgan fingerprint density at radius 1 is 1.38 bits per heavy atom. The summed E-state index contributed by atoms with van der Waals surface area (Å²) in [6, 6.07) is 7.46. The van der Waals surface area contributed by atoms with Gasteiger partial charge in [-0.05, 0) is 11.1 Å². The number of aliphatic hydroxyl groups excluding tert-OH is 1. The largest absolute Gasteiger partial charge is 0.392 e. The zero-order valence-electron chi connectivity index (χ0n) is 9.44. The molecule has 4 N–H and O–H groups in total. The van der Waals surface area contributed by atoms with Gasteiger partial charge in [0, 0.05) is 19.0 Å². The Morgan fingerprint density at radius 2 is 1.94 bits per heavy atom. The van der Waals surface area contributed by atoms with Gasteiger partial charge in [0.05, 0.1) is 6.61 Å². The van der Waals surface area contributed by atoms with E-state index in [1.165, 1.54) is 0 Å². The minimum absolute atomic E-state index is 0.0336. The molecule has 0 radical (unpaired) electrons. The first-order valence-corrected chi connectivity index (χ1v) is 5.33. The lowest BCUT2D eigenvalue weighted by Crippen LogP contribution is -2.32. The SMILES string of the molecule is CC(CN)C(=O)NCc1ccc(CO)cc1. The minimum Gasteiger partial charge on any atom is -0.392 e. The third-order valence-corrected chi connectivity index (χ3v) is 2.47. The molecule has 0 aliphatic carbocycles. The average Bonchev–Trinajstić information content (AvgIpc) is 2.35. The van der Waals surface area contributed by atoms with Gasteiger partial charge in [0.2, 0.25) is 5.91 Å². The topological polar surface area (TPSA) is 75.4 Å². The van der Waals surface area contributed by atoms with Crippen LogP contribution in [-0.2, 0) is 17.9 Å². The van der Waals surface area contributed by atoms with Crippen LogP contribution in [0.25, 0.3) is 0 Å². The van der Waals surface area contributed by atoms with Crippen molar-refractivity contribution >= 4 is 5.91 Å². The number of amides is 1. The summed E-state index contributed by atoms with van der Waals surface area (Å²) in [4.78, 5) is 11.4. The molecule has 0 aliphatic heterocycles. The van der Waals surface area contributed by atoms with Crippen LogP contribution in [0.4, 0.5) is 0 Å². The van der Waals surface area contributed by atoms with Gasteiger partial charge in [-0.2, -0.15) is 0 Å². The monoisotopic (exact) mass is 222 g/mol. The van der Waals surface area contributed by atoms with E-state index in [9.17, 15) is 4.79 Å². The van der Waals surface area contributed by atoms with Gasteiger partial charge in [0.1, 0.15) is 0 Å². The molecule has 1 unspecified atom stereocenters. The van der Waals surface area contributed by atoms with Crippen molar-refractivity contribution in [1.29, 1.82) is 0 Å². The van der Waals surface area contributed by atoms with E-state index in [2.05, 4.69) is 5.32 Å². The molecule has 1 rings (SSSR count). The number of rotatable bonds is 5. The highest BCUT2D eigenvalue weighted by atomic mass is 16.3. The second-order valence-corrected chi connectivity index (χ2v) is 3.83. The van der Waals surface area contributed by atoms with Gasteiger partial charge < -0.3 is 16.2 Å². The van der Waals surface area contributed by atoms with Crippen molar-refractivity contribution in [2.75, 3.05) is 6.54 Å². The number of benzene rings is 1. The second-order valence-electron chi connectivity index (χ2n) is 3.83. The van der Waals surface area contributed by atoms with Crippen LogP contribution in [0.15, 0.2) is 24.3 Å². The average molecular weight is 222 g/mol. The molecule has 4 heteroatoms. The first-order valence-electron chi connectivity index (χ1n) is 5.33. The Labute approximate surface area is 95.5 Å². The van der Waals surface area contributed by atoms with Gasteiger partial charge in [0.15, 0.2) is 0 Å². The highest BCUT2D eigenvalue weighted by molar-refractivity contribution is 5.78. The number of hydrogen-bond acceptors (Lipinski definition) is 3. The highest BCUT2D eigenvalue weighted by Crippen LogP contribution is 2.04. The molecular formula is C12H18N2O2. The van der Waals surface area contributed by atoms with Crippen molar-refractivity contribution < 1.29 is 9.90 Å². The molecule has 0 saturated heterocycles. The maximum atomic E-state index is 11.4. The van der Waals surface area contributed by atoms with Gasteiger partial charge in [-0.3, -0.25) is 4.79 Å². The third-order valence-electron chi connectivity index (χ3n) is 2.47. The van der Waals surface area contributed by atoms with Crippen LogP contribution in [-0.4, -0.2) is 17.6 Å². The minimum atomic E-state index is -0.156. The fourth-order valence-corrected chi connectivity index (χ4v) is 1.23. The van der Waals surface area contributed by atoms with Crippen LogP contribution in [0, 0.1) is 5.92 Å². The van der Waals surface area contributed by atoms with Crippen LogP contribution >= 0.6 is 0 Å². The highest BCUT2D eigenvalue weighted by Gasteiger charge is 2.09. The summed E-state index contributed by atoms with van der Waals surface area (Å²) in [5, 5.41) is 11.7. The number of aliphatic hydroxyl groups is 1. The second kappa shape index (κ2) is 6.25. The van der Waals surface area contributed by atoms with Crippen molar-refractivity contribution in [1.82, 2.24) is 5.32 Å². The standard InChI is InChI=1S/C12H18N2O2/c1-9(6-13)12(16)14-7-10-2-4-11(8-15)5-3-10/h2-5,9,15H,6-8,13H2,1H3,(H,14,16). The zero-order valence-corrected chi connectivity index (χ0v) is 9.44. The fraction of sp³-hybridized carbons (Fsp3) is 0.417. The predicted molar refractivity (Wildman–Crippen MR) is 62.4 cm³/mol. The molecule has 0 bridgehead atoms. The van der Waals surface area contributed by atoms with E-state index in [4.69, 9.17) is 10.8 Å². The molecule has 1 aromatic rings. The Kier molecular flexibility index (Phi) is 4.95. The summed E-state index contributed by atoms with van der Waals surface area (Å²) >= 11 is 0. The van der Waals surface area contributed by atoms with E-state index in [-0.39, 0.29) is 18.4 Å². The van der Waals surface area contributed by atoms with Crippen molar-refractivity contribution in [2.45, 2.75) is 20.1 Å². The molecule has 88 valence electrons. The molecule has 0 spiro atoms. The van der Waals surface area contributed by atoms with Gasteiger partial charge in [0.25, 0.3) is 0 Å². The van der Waals surface area contributed by atoms with E-state index < -0.39 is 0 Å². The molecule has 0 fully saturated rings. The van der Waals surface area contributed by atoms with E-state index in [0.717, 1.165) is 11.1 Å². The third kappa shape index (κ3) is 3.64. The van der Waals surface area contributed by atoms with Crippen molar-refractivity contribution in [3.63, 3.8) is 0 Å². The van der Waals surface area contributed by atoms with Crippen LogP contribution in [0.5, 0.6) is 0 Å². The van der Waals surface area contributed by atoms with Gasteiger partial charge in [-0.25, -0.2) is 0 Å². The van der Waals surface area contributed by atoms with Crippen LogP contribution in [0.2, 0.25) is 0 Å². The van der Waals surface area contributed by atoms with Crippen molar-refractivity contribution in [3.8, 4) is 0 Å². The smallest absolute Gasteiger partial charge is 0.224 e. The first kappa shape index (κ1) is 12.7. The molecule has 0 heterocycles.